The number of imide groups is 1. The number of amides is 2. The van der Waals surface area contributed by atoms with Crippen molar-refractivity contribution in [3.8, 4) is 5.75 Å². The van der Waals surface area contributed by atoms with Crippen molar-refractivity contribution in [3.63, 3.8) is 0 Å². The Bertz CT molecular complexity index is 777. The van der Waals surface area contributed by atoms with E-state index in [4.69, 9.17) is 21.1 Å². The van der Waals surface area contributed by atoms with Crippen molar-refractivity contribution in [2.75, 3.05) is 6.54 Å². The molecule has 1 aromatic rings. The molecule has 146 valence electrons. The number of esters is 1. The van der Waals surface area contributed by atoms with Crippen LogP contribution in [0.25, 0.3) is 6.08 Å². The second kappa shape index (κ2) is 9.28. The third-order valence-electron chi connectivity index (χ3n) is 3.68. The zero-order valence-corrected chi connectivity index (χ0v) is 17.2. The van der Waals surface area contributed by atoms with Gasteiger partial charge in [-0.2, -0.15) is 0 Å². The fourth-order valence-electron chi connectivity index (χ4n) is 2.22. The minimum atomic E-state index is -0.622. The molecule has 0 spiro atoms. The first-order chi connectivity index (χ1) is 12.7. The highest BCUT2D eigenvalue weighted by Gasteiger charge is 2.36. The maximum Gasteiger partial charge on any atom is 0.326 e. The Morgan fingerprint density at radius 2 is 2.00 bits per heavy atom. The van der Waals surface area contributed by atoms with Crippen LogP contribution >= 0.6 is 23.4 Å². The van der Waals surface area contributed by atoms with Crippen molar-refractivity contribution in [1.29, 1.82) is 0 Å². The third-order valence-corrected chi connectivity index (χ3v) is 4.89. The van der Waals surface area contributed by atoms with Crippen LogP contribution in [0.1, 0.15) is 39.7 Å². The van der Waals surface area contributed by atoms with Crippen LogP contribution in [0.3, 0.4) is 0 Å². The molecule has 1 aliphatic rings. The Labute approximate surface area is 167 Å². The fourth-order valence-corrected chi connectivity index (χ4v) is 3.29. The zero-order valence-electron chi connectivity index (χ0n) is 15.7. The van der Waals surface area contributed by atoms with E-state index in [1.54, 1.807) is 38.1 Å². The largest absolute Gasteiger partial charge is 0.489 e. The standard InChI is InChI=1S/C19H22ClNO5S/c1-5-12(4)26-15-7-6-13(8-14(15)20)9-16-18(23)21(19(24)27-16)10-17(22)25-11(2)3/h6-9,11-12H,5,10H2,1-4H3/b16-9+/t12-/m0/s1. The van der Waals surface area contributed by atoms with Gasteiger partial charge < -0.3 is 9.47 Å². The number of rotatable bonds is 7. The number of thioether (sulfide) groups is 1. The summed E-state index contributed by atoms with van der Waals surface area (Å²) in [4.78, 5) is 37.3. The van der Waals surface area contributed by atoms with Crippen molar-refractivity contribution in [2.24, 2.45) is 0 Å². The zero-order chi connectivity index (χ0) is 20.1. The molecule has 8 heteroatoms. The molecule has 2 rings (SSSR count). The van der Waals surface area contributed by atoms with Gasteiger partial charge >= 0.3 is 5.97 Å². The molecule has 0 unspecified atom stereocenters. The Kier molecular flexibility index (Phi) is 7.33. The predicted octanol–water partition coefficient (Wildman–Crippen LogP) is 4.51. The SMILES string of the molecule is CC[C@H](C)Oc1ccc(/C=C2/SC(=O)N(CC(=O)OC(C)C)C2=O)cc1Cl. The quantitative estimate of drug-likeness (QED) is 0.485. The van der Waals surface area contributed by atoms with Gasteiger partial charge in [-0.3, -0.25) is 19.3 Å². The van der Waals surface area contributed by atoms with Crippen molar-refractivity contribution < 1.29 is 23.9 Å². The number of carbonyl (C=O) groups excluding carboxylic acids is 3. The topological polar surface area (TPSA) is 72.9 Å². The highest BCUT2D eigenvalue weighted by Crippen LogP contribution is 2.34. The smallest absolute Gasteiger partial charge is 0.326 e. The number of hydrogen-bond acceptors (Lipinski definition) is 6. The molecule has 1 heterocycles. The minimum Gasteiger partial charge on any atom is -0.489 e. The van der Waals surface area contributed by atoms with Crippen molar-refractivity contribution >= 4 is 46.6 Å². The van der Waals surface area contributed by atoms with Gasteiger partial charge in [-0.05, 0) is 62.7 Å². The summed E-state index contributed by atoms with van der Waals surface area (Å²) in [6.07, 6.45) is 2.14. The normalized spacial score (nSPS) is 17.0. The molecule has 0 aromatic heterocycles. The van der Waals surface area contributed by atoms with Gasteiger partial charge in [-0.1, -0.05) is 24.6 Å². The van der Waals surface area contributed by atoms with E-state index in [1.165, 1.54) is 0 Å². The lowest BCUT2D eigenvalue weighted by Crippen LogP contribution is -2.35. The van der Waals surface area contributed by atoms with E-state index in [-0.39, 0.29) is 17.1 Å². The maximum atomic E-state index is 12.4. The summed E-state index contributed by atoms with van der Waals surface area (Å²) in [6.45, 7) is 6.96. The Balaban J connectivity index is 2.13. The molecule has 1 atom stereocenters. The van der Waals surface area contributed by atoms with Gasteiger partial charge in [0, 0.05) is 0 Å². The molecule has 0 aliphatic carbocycles. The second-order valence-electron chi connectivity index (χ2n) is 6.33. The van der Waals surface area contributed by atoms with E-state index in [1.807, 2.05) is 13.8 Å². The van der Waals surface area contributed by atoms with E-state index >= 15 is 0 Å². The first-order valence-electron chi connectivity index (χ1n) is 8.62. The summed E-state index contributed by atoms with van der Waals surface area (Å²) in [5.41, 5.74) is 0.659. The lowest BCUT2D eigenvalue weighted by molar-refractivity contribution is -0.149. The van der Waals surface area contributed by atoms with Crippen LogP contribution in [0.15, 0.2) is 23.1 Å². The summed E-state index contributed by atoms with van der Waals surface area (Å²) in [5, 5.41) is -0.0847. The van der Waals surface area contributed by atoms with E-state index in [0.717, 1.165) is 23.1 Å². The number of carbonyl (C=O) groups is 3. The first-order valence-corrected chi connectivity index (χ1v) is 9.81. The number of benzene rings is 1. The molecule has 27 heavy (non-hydrogen) atoms. The first kappa shape index (κ1) is 21.3. The number of hydrogen-bond donors (Lipinski definition) is 0. The van der Waals surface area contributed by atoms with Crippen LogP contribution in [0, 0.1) is 0 Å². The van der Waals surface area contributed by atoms with Crippen molar-refractivity contribution in [3.05, 3.63) is 33.7 Å². The van der Waals surface area contributed by atoms with Crippen LogP contribution in [0.4, 0.5) is 4.79 Å². The van der Waals surface area contributed by atoms with Gasteiger partial charge in [0.05, 0.1) is 22.1 Å². The number of nitrogens with zero attached hydrogens (tertiary/aromatic N) is 1. The fraction of sp³-hybridized carbons (Fsp3) is 0.421. The van der Waals surface area contributed by atoms with Gasteiger partial charge in [-0.15, -0.1) is 0 Å². The summed E-state index contributed by atoms with van der Waals surface area (Å²) >= 11 is 7.02. The van der Waals surface area contributed by atoms with Gasteiger partial charge in [0.2, 0.25) is 0 Å². The second-order valence-corrected chi connectivity index (χ2v) is 7.73. The Morgan fingerprint density at radius 1 is 1.30 bits per heavy atom. The molecule has 0 saturated carbocycles. The predicted molar refractivity (Wildman–Crippen MR) is 106 cm³/mol. The van der Waals surface area contributed by atoms with E-state index in [0.29, 0.717) is 16.3 Å². The molecule has 0 bridgehead atoms. The lowest BCUT2D eigenvalue weighted by atomic mass is 10.2. The van der Waals surface area contributed by atoms with Crippen molar-refractivity contribution in [1.82, 2.24) is 4.90 Å². The monoisotopic (exact) mass is 411 g/mol. The third kappa shape index (κ3) is 5.74. The average Bonchev–Trinajstić information content (AvgIpc) is 2.84. The molecular formula is C19H22ClNO5S. The van der Waals surface area contributed by atoms with Crippen LogP contribution in [0.2, 0.25) is 5.02 Å². The summed E-state index contributed by atoms with van der Waals surface area (Å²) in [5.74, 6) is -0.586. The molecular weight excluding hydrogens is 390 g/mol. The van der Waals surface area contributed by atoms with E-state index in [2.05, 4.69) is 0 Å². The average molecular weight is 412 g/mol. The highest BCUT2D eigenvalue weighted by atomic mass is 35.5. The van der Waals surface area contributed by atoms with Gasteiger partial charge in [-0.25, -0.2) is 0 Å². The molecule has 0 radical (unpaired) electrons. The Morgan fingerprint density at radius 3 is 2.59 bits per heavy atom. The highest BCUT2D eigenvalue weighted by molar-refractivity contribution is 8.18. The molecule has 1 saturated heterocycles. The number of halogens is 1. The van der Waals surface area contributed by atoms with Crippen LogP contribution in [-0.4, -0.2) is 40.8 Å². The summed E-state index contributed by atoms with van der Waals surface area (Å²) in [6, 6.07) is 5.15. The van der Waals surface area contributed by atoms with Crippen LogP contribution in [0.5, 0.6) is 5.75 Å². The van der Waals surface area contributed by atoms with E-state index in [9.17, 15) is 14.4 Å². The van der Waals surface area contributed by atoms with Gasteiger partial charge in [0.1, 0.15) is 12.3 Å². The molecule has 1 fully saturated rings. The summed E-state index contributed by atoms with van der Waals surface area (Å²) in [7, 11) is 0. The molecule has 0 N–H and O–H groups in total. The van der Waals surface area contributed by atoms with Gasteiger partial charge in [0.15, 0.2) is 0 Å². The van der Waals surface area contributed by atoms with E-state index < -0.39 is 23.7 Å². The van der Waals surface area contributed by atoms with Crippen molar-refractivity contribution in [2.45, 2.75) is 46.3 Å². The molecule has 6 nitrogen and oxygen atoms in total. The summed E-state index contributed by atoms with van der Waals surface area (Å²) < 4.78 is 10.7. The molecule has 1 aromatic carbocycles. The Hall–Kier alpha value is -1.99. The minimum absolute atomic E-state index is 0.0374. The number of ether oxygens (including phenoxy) is 2. The van der Waals surface area contributed by atoms with Crippen LogP contribution in [-0.2, 0) is 14.3 Å². The molecule has 1 aliphatic heterocycles. The molecule has 2 amide bonds. The lowest BCUT2D eigenvalue weighted by Gasteiger charge is -2.14. The van der Waals surface area contributed by atoms with Gasteiger partial charge in [0.25, 0.3) is 11.1 Å². The maximum absolute atomic E-state index is 12.4. The van der Waals surface area contributed by atoms with Crippen LogP contribution < -0.4 is 4.74 Å².